The molecule has 10 N–H and O–H groups in total. The van der Waals surface area contributed by atoms with Crippen LogP contribution in [0.4, 0.5) is 22.5 Å². The zero-order valence-electron chi connectivity index (χ0n) is 78.4. The van der Waals surface area contributed by atoms with Gasteiger partial charge in [-0.1, -0.05) is 82.4 Å². The number of ether oxygens (including phenoxy) is 9. The molecule has 1 aliphatic carbocycles. The molecular weight excluding hydrogens is 1740 g/mol. The highest BCUT2D eigenvalue weighted by Crippen LogP contribution is 2.39. The zero-order valence-corrected chi connectivity index (χ0v) is 78.4. The van der Waals surface area contributed by atoms with E-state index in [-0.39, 0.29) is 87.8 Å². The summed E-state index contributed by atoms with van der Waals surface area (Å²) in [7, 11) is 3.06. The number of carbonyl (C=O) groups is 8. The van der Waals surface area contributed by atoms with E-state index < -0.39 is 120 Å². The lowest BCUT2D eigenvalue weighted by Crippen LogP contribution is -2.61. The van der Waals surface area contributed by atoms with Gasteiger partial charge in [-0.25, -0.2) is 49.2 Å². The van der Waals surface area contributed by atoms with Crippen LogP contribution in [0, 0.1) is 29.6 Å². The van der Waals surface area contributed by atoms with E-state index >= 15 is 0 Å². The van der Waals surface area contributed by atoms with E-state index in [1.165, 1.54) is 44.4 Å². The molecule has 38 heteroatoms. The van der Waals surface area contributed by atoms with Crippen LogP contribution in [0.15, 0.2) is 121 Å². The van der Waals surface area contributed by atoms with Crippen LogP contribution < -0.4 is 31.9 Å². The number of aromatic nitrogens is 10. The second-order valence-corrected chi connectivity index (χ2v) is 36.2. The molecule has 728 valence electrons. The highest BCUT2D eigenvalue weighted by atomic mass is 16.6. The number of benzene rings is 1. The van der Waals surface area contributed by atoms with Gasteiger partial charge >= 0.3 is 12.1 Å². The number of piperidine rings is 1. The van der Waals surface area contributed by atoms with Crippen LogP contribution >= 0.6 is 0 Å². The van der Waals surface area contributed by atoms with Gasteiger partial charge in [0.15, 0.2) is 11.4 Å². The number of hydrogen-bond acceptors (Lipinski definition) is 32. The lowest BCUT2D eigenvalue weighted by Gasteiger charge is -2.42. The van der Waals surface area contributed by atoms with Crippen molar-refractivity contribution in [2.75, 3.05) is 128 Å². The second-order valence-electron chi connectivity index (χ2n) is 36.2. The van der Waals surface area contributed by atoms with E-state index in [2.05, 4.69) is 68.7 Å². The molecule has 6 aromatic heterocycles. The van der Waals surface area contributed by atoms with Crippen LogP contribution in [0.25, 0.3) is 33.3 Å². The summed E-state index contributed by atoms with van der Waals surface area (Å²) in [4.78, 5) is 153. The monoisotopic (exact) mass is 1870 g/mol. The normalized spacial score (nSPS) is 26.7. The van der Waals surface area contributed by atoms with E-state index in [1.807, 2.05) is 81.9 Å². The number of H-pyrrole nitrogens is 1. The zero-order chi connectivity index (χ0) is 95.8. The number of anilines is 3. The second kappa shape index (κ2) is 48.4. The fourth-order valence-electron chi connectivity index (χ4n) is 18.4. The topological polar surface area (TPSA) is 493 Å². The molecule has 1 aromatic carbocycles. The number of nitrogens with zero attached hydrogens (tertiary/aromatic N) is 13. The number of esters is 1. The summed E-state index contributed by atoms with van der Waals surface area (Å²) in [5, 5.41) is 46.9. The van der Waals surface area contributed by atoms with Crippen LogP contribution in [0.2, 0.25) is 0 Å². The minimum atomic E-state index is -2.52. The van der Waals surface area contributed by atoms with Crippen molar-refractivity contribution in [2.45, 2.75) is 212 Å². The number of fused-ring (bicyclic) bond motifs is 6. The number of ketones is 3. The number of hydrogen-bond donors (Lipinski definition) is 8. The maximum Gasteiger partial charge on any atom is 0.407 e. The Balaban J connectivity index is 0.491. The first-order valence-electron chi connectivity index (χ1n) is 47.0. The lowest BCUT2D eigenvalue weighted by molar-refractivity contribution is -0.265. The maximum absolute atomic E-state index is 14.7. The van der Waals surface area contributed by atoms with E-state index in [9.17, 15) is 53.7 Å². The van der Waals surface area contributed by atoms with Gasteiger partial charge in [0.05, 0.1) is 95.1 Å². The molecule has 5 aliphatic heterocycles. The summed E-state index contributed by atoms with van der Waals surface area (Å²) >= 11 is 0. The largest absolute Gasteiger partial charge is 0.459 e. The van der Waals surface area contributed by atoms with Crippen LogP contribution in [-0.2, 0) is 97.5 Å². The predicted octanol–water partition coefficient (Wildman–Crippen LogP) is 7.14. The summed E-state index contributed by atoms with van der Waals surface area (Å²) in [6.07, 6.45) is 18.8. The van der Waals surface area contributed by atoms with Crippen molar-refractivity contribution in [3.63, 3.8) is 0 Å². The molecule has 0 unspecified atom stereocenters. The number of aliphatic hydroxyl groups excluding tert-OH is 2. The van der Waals surface area contributed by atoms with Crippen molar-refractivity contribution in [3.8, 4) is 11.3 Å². The first-order chi connectivity index (χ1) is 65.1. The number of aromatic amines is 1. The van der Waals surface area contributed by atoms with Crippen LogP contribution in [-0.4, -0.2) is 295 Å². The molecule has 6 aliphatic rings. The van der Waals surface area contributed by atoms with Crippen molar-refractivity contribution in [1.82, 2.24) is 70.1 Å². The minimum absolute atomic E-state index is 0.0106. The van der Waals surface area contributed by atoms with E-state index in [1.54, 1.807) is 46.5 Å². The van der Waals surface area contributed by atoms with Gasteiger partial charge in [0.2, 0.25) is 23.6 Å². The average molecular weight is 1870 g/mol. The molecule has 0 radical (unpaired) electrons. The number of cyclic esters (lactones) is 1. The Labute approximate surface area is 785 Å². The number of nitrogens with one attached hydrogen (secondary N) is 3. The van der Waals surface area contributed by atoms with Crippen molar-refractivity contribution < 1.29 is 96.3 Å². The molecule has 7 aromatic rings. The predicted molar refractivity (Wildman–Crippen MR) is 498 cm³/mol. The maximum atomic E-state index is 14.7. The number of methoxy groups -OCH3 is 2. The summed E-state index contributed by atoms with van der Waals surface area (Å²) in [6.45, 7) is 17.0. The number of nitrogens with two attached hydrogens (primary N) is 2. The molecule has 4 amide bonds. The van der Waals surface area contributed by atoms with Gasteiger partial charge in [0.1, 0.15) is 59.7 Å². The van der Waals surface area contributed by atoms with E-state index in [0.29, 0.717) is 182 Å². The lowest BCUT2D eigenvalue weighted by atomic mass is 9.80. The summed E-state index contributed by atoms with van der Waals surface area (Å²) in [5.41, 5.74) is 21.6. The number of rotatable bonds is 29. The Bertz CT molecular complexity index is 5330. The molecule has 1 saturated carbocycles. The number of Topliss-reactive ketones (excluding diaryl/α,β-unsaturated/α-hetero) is 3. The molecule has 13 rings (SSSR count). The molecule has 4 fully saturated rings. The number of aliphatic hydroxyl groups is 3. The number of carbonyl (C=O) groups excluding carboxylic acids is 8. The smallest absolute Gasteiger partial charge is 0.407 e. The van der Waals surface area contributed by atoms with Gasteiger partial charge in [0.25, 0.3) is 17.6 Å². The average Bonchev–Trinajstić information content (AvgIpc) is 1.11. The first-order valence-corrected chi connectivity index (χ1v) is 47.0. The van der Waals surface area contributed by atoms with Crippen LogP contribution in [0.5, 0.6) is 0 Å². The number of amides is 4. The molecule has 38 nitrogen and oxygen atoms in total. The van der Waals surface area contributed by atoms with Crippen molar-refractivity contribution in [3.05, 3.63) is 149 Å². The fraction of sp³-hybridized carbons (Fsp3) is 0.567. The third-order valence-electron chi connectivity index (χ3n) is 26.4. The molecule has 2 bridgehead atoms. The summed E-state index contributed by atoms with van der Waals surface area (Å²) in [6, 6.07) is 8.03. The summed E-state index contributed by atoms with van der Waals surface area (Å²) < 4.78 is 54.7. The minimum Gasteiger partial charge on any atom is -0.459 e. The third-order valence-corrected chi connectivity index (χ3v) is 26.4. The van der Waals surface area contributed by atoms with Gasteiger partial charge < -0.3 is 105 Å². The number of pyridine rings is 1. The Kier molecular flexibility index (Phi) is 36.3. The van der Waals surface area contributed by atoms with Gasteiger partial charge in [0, 0.05) is 163 Å². The van der Waals surface area contributed by atoms with Crippen molar-refractivity contribution in [1.29, 1.82) is 0 Å². The number of alkyl carbamates (subject to hydrolysis) is 1. The number of nitrogen functional groups attached to an aromatic ring is 1. The first kappa shape index (κ1) is 101. The molecule has 0 spiro atoms. The van der Waals surface area contributed by atoms with Gasteiger partial charge in [-0.15, -0.1) is 0 Å². The highest BCUT2D eigenvalue weighted by Gasteiger charge is 2.53. The standard InChI is InChI=1S/C97H130N18O20/c1-59-14-10-9-11-15-60(2)78(127-7)48-73-21-17-64(6)97(126,135-73)87(121)92(123)114-28-13-12-16-75(114)93(124)133-79(49-76(116)61(3)43-63(5)85(119)86(120)84(118)62(4)42-59)74(98)45-65-19-22-77(80(46-65)128-8)134-96(125)107-52-67-50-103-94(104-51-67)111-30-32-112(33-31-111)95-105-54-72(55-106-95)91(122)101-27-35-130-37-39-132-41-40-131-38-36-129-34-25-81(117)113-29-24-68-44-66(18-20-70(68)57-113)56-115-90-82(88(99)108-58-109-90)83(110-115)71-47-69-23-26-100-89(69)102-53-71/h9-11,14-15,18,20,23,26,43-44,47,50-51,53-55,58-59,61-62,64-65,73-75,77-80,85-86,119-120,126H,12-13,16-17,19,21-22,24-25,27-42,45-46,48-49,52,56-57,98H2,1-8H3,(H,100,102)(H,101,122)(H,107,125)(H2,99,108,109)/b11-9+,14-10+,60-15+,63-43+/t59-,61-,62-,64-,65+,73+,74-,75+,77-,78+,79+,80-,85-,86+,97-/m1/s1. The quantitative estimate of drug-likeness (QED) is 0.00998. The molecule has 135 heavy (non-hydrogen) atoms. The molecule has 11 heterocycles. The SMILES string of the molecule is CO[C@H]1C[C@@H]2CC[C@@H](C)[C@@](O)(O2)C(=O)C(=O)N2CCCC[C@H]2C(=O)O[C@H]([C@H](N)C[C@@H]2CC[C@@H](OC(=O)NCc3cnc(N4CCN(c5ncc(C(=O)NCCOCCOCCOCCOCCC(=O)N6CCc7cc(Cn8nc(-c9cnc%10[nH]ccc%10c9)c9c(N)ncnc98)ccc7C6)cn5)CC4)nc3)[C@H](OC)C2)CC(=O)[C@H](C)/C=C(\C)[C@@H](O)[C@@H](O)C(=O)[C@H](C)C[C@H](C)/C=C/C=C/C=C/1C. The van der Waals surface area contributed by atoms with Crippen LogP contribution in [0.3, 0.4) is 0 Å². The van der Waals surface area contributed by atoms with Gasteiger partial charge in [-0.05, 0) is 136 Å². The highest BCUT2D eigenvalue weighted by molar-refractivity contribution is 6.39. The van der Waals surface area contributed by atoms with Crippen molar-refractivity contribution >= 4 is 86.9 Å². The fourth-order valence-corrected chi connectivity index (χ4v) is 18.4. The third kappa shape index (κ3) is 26.7. The Hall–Kier alpha value is -11.3. The molecular formula is C97H130N18O20. The Morgan fingerprint density at radius 1 is 0.704 bits per heavy atom. The number of piperazine rings is 1. The Morgan fingerprint density at radius 2 is 1.41 bits per heavy atom. The number of allylic oxidation sites excluding steroid dienone is 6. The van der Waals surface area contributed by atoms with Crippen molar-refractivity contribution in [2.24, 2.45) is 35.3 Å². The van der Waals surface area contributed by atoms with E-state index in [0.717, 1.165) is 44.6 Å². The van der Waals surface area contributed by atoms with Crippen LogP contribution in [0.1, 0.15) is 158 Å². The molecule has 3 saturated heterocycles. The van der Waals surface area contributed by atoms with Gasteiger partial charge in [-0.3, -0.25) is 28.8 Å². The van der Waals surface area contributed by atoms with E-state index in [4.69, 9.17) is 59.2 Å². The Morgan fingerprint density at radius 3 is 2.13 bits per heavy atom. The van der Waals surface area contributed by atoms with Gasteiger partial charge in [-0.2, -0.15) is 5.10 Å². The summed E-state index contributed by atoms with van der Waals surface area (Å²) in [5.74, 6) is -8.39. The molecule has 15 atom stereocenters.